The van der Waals surface area contributed by atoms with Crippen molar-refractivity contribution in [2.45, 2.75) is 13.8 Å². The molecule has 0 saturated heterocycles. The Morgan fingerprint density at radius 3 is 2.32 bits per heavy atom. The lowest BCUT2D eigenvalue weighted by atomic mass is 10.2. The molecule has 0 fully saturated rings. The minimum atomic E-state index is -3.36. The van der Waals surface area contributed by atoms with Crippen molar-refractivity contribution in [1.29, 1.82) is 0 Å². The topological polar surface area (TPSA) is 66.5 Å². The highest BCUT2D eigenvalue weighted by atomic mass is 35.5. The maximum atomic E-state index is 12.1. The van der Waals surface area contributed by atoms with Crippen molar-refractivity contribution >= 4 is 33.2 Å². The van der Waals surface area contributed by atoms with Crippen LogP contribution < -0.4 is 4.72 Å². The van der Waals surface area contributed by atoms with E-state index >= 15 is 0 Å². The summed E-state index contributed by atoms with van der Waals surface area (Å²) in [6, 6.07) is 4.47. The fraction of sp³-hybridized carbons (Fsp3) is 0.417. The van der Waals surface area contributed by atoms with Crippen LogP contribution in [-0.2, 0) is 10.0 Å². The third kappa shape index (κ3) is 4.40. The Bertz CT molecular complexity index is 568. The lowest BCUT2D eigenvalue weighted by Gasteiger charge is -2.19. The molecule has 0 aromatic heterocycles. The van der Waals surface area contributed by atoms with Crippen molar-refractivity contribution in [2.75, 3.05) is 24.1 Å². The molecule has 1 N–H and O–H groups in total. The van der Waals surface area contributed by atoms with Crippen LogP contribution in [0.4, 0.5) is 5.69 Å². The molecule has 0 aliphatic heterocycles. The molecule has 1 rings (SSSR count). The van der Waals surface area contributed by atoms with Crippen molar-refractivity contribution < 1.29 is 13.2 Å². The van der Waals surface area contributed by atoms with Gasteiger partial charge < -0.3 is 4.90 Å². The Kier molecular flexibility index (Phi) is 5.20. The number of carbonyl (C=O) groups excluding carboxylic acids is 1. The Morgan fingerprint density at radius 1 is 1.32 bits per heavy atom. The van der Waals surface area contributed by atoms with E-state index in [1.165, 1.54) is 18.2 Å². The highest BCUT2D eigenvalue weighted by Crippen LogP contribution is 2.23. The van der Waals surface area contributed by atoms with Gasteiger partial charge in [-0.25, -0.2) is 8.42 Å². The predicted molar refractivity (Wildman–Crippen MR) is 77.2 cm³/mol. The molecule has 0 aliphatic carbocycles. The number of carbonyl (C=O) groups is 1. The normalized spacial score (nSPS) is 11.2. The summed E-state index contributed by atoms with van der Waals surface area (Å²) in [5, 5.41) is 0.227. The smallest absolute Gasteiger partial charge is 0.255 e. The number of nitrogens with zero attached hydrogens (tertiary/aromatic N) is 1. The van der Waals surface area contributed by atoms with Gasteiger partial charge in [0, 0.05) is 18.8 Å². The van der Waals surface area contributed by atoms with Gasteiger partial charge in [0.1, 0.15) is 0 Å². The van der Waals surface area contributed by atoms with Crippen molar-refractivity contribution in [3.05, 3.63) is 28.8 Å². The van der Waals surface area contributed by atoms with Gasteiger partial charge in [-0.05, 0) is 32.0 Å². The van der Waals surface area contributed by atoms with Gasteiger partial charge in [0.25, 0.3) is 5.91 Å². The molecule has 0 aliphatic rings. The molecule has 0 unspecified atom stereocenters. The van der Waals surface area contributed by atoms with Crippen LogP contribution in [0.25, 0.3) is 0 Å². The summed E-state index contributed by atoms with van der Waals surface area (Å²) in [6.07, 6.45) is 1.05. The zero-order valence-corrected chi connectivity index (χ0v) is 12.7. The number of hydrogen-bond donors (Lipinski definition) is 1. The fourth-order valence-electron chi connectivity index (χ4n) is 1.65. The van der Waals surface area contributed by atoms with E-state index in [2.05, 4.69) is 4.72 Å². The summed E-state index contributed by atoms with van der Waals surface area (Å²) in [7, 11) is -3.36. The molecular weight excluding hydrogens is 288 g/mol. The number of halogens is 1. The largest absolute Gasteiger partial charge is 0.339 e. The van der Waals surface area contributed by atoms with E-state index in [4.69, 9.17) is 11.6 Å². The van der Waals surface area contributed by atoms with E-state index in [0.29, 0.717) is 24.3 Å². The summed E-state index contributed by atoms with van der Waals surface area (Å²) in [5.41, 5.74) is 0.702. The fourth-order valence-corrected chi connectivity index (χ4v) is 2.46. The highest BCUT2D eigenvalue weighted by Gasteiger charge is 2.16. The summed E-state index contributed by atoms with van der Waals surface area (Å²) < 4.78 is 24.5. The van der Waals surface area contributed by atoms with E-state index in [1.54, 1.807) is 4.90 Å². The quantitative estimate of drug-likeness (QED) is 0.907. The molecule has 1 aromatic carbocycles. The van der Waals surface area contributed by atoms with Crippen LogP contribution in [0.2, 0.25) is 5.02 Å². The van der Waals surface area contributed by atoms with Crippen LogP contribution >= 0.6 is 11.6 Å². The van der Waals surface area contributed by atoms with E-state index < -0.39 is 10.0 Å². The lowest BCUT2D eigenvalue weighted by molar-refractivity contribution is 0.0773. The highest BCUT2D eigenvalue weighted by molar-refractivity contribution is 7.92. The van der Waals surface area contributed by atoms with E-state index in [9.17, 15) is 13.2 Å². The van der Waals surface area contributed by atoms with Crippen molar-refractivity contribution in [2.24, 2.45) is 0 Å². The first kappa shape index (κ1) is 15.8. The Balaban J connectivity index is 3.04. The summed E-state index contributed by atoms with van der Waals surface area (Å²) in [6.45, 7) is 4.95. The van der Waals surface area contributed by atoms with Gasteiger partial charge >= 0.3 is 0 Å². The second-order valence-electron chi connectivity index (χ2n) is 4.05. The Morgan fingerprint density at radius 2 is 1.89 bits per heavy atom. The lowest BCUT2D eigenvalue weighted by Crippen LogP contribution is -2.30. The number of amides is 1. The molecule has 0 heterocycles. The molecule has 0 saturated carbocycles. The monoisotopic (exact) mass is 304 g/mol. The minimum absolute atomic E-state index is 0.166. The van der Waals surface area contributed by atoms with Gasteiger partial charge in [0.15, 0.2) is 0 Å². The van der Waals surface area contributed by atoms with Crippen LogP contribution in [-0.4, -0.2) is 38.6 Å². The van der Waals surface area contributed by atoms with E-state index in [-0.39, 0.29) is 10.9 Å². The molecule has 1 amide bonds. The van der Waals surface area contributed by atoms with Crippen LogP contribution in [0.5, 0.6) is 0 Å². The molecule has 106 valence electrons. The number of rotatable bonds is 5. The minimum Gasteiger partial charge on any atom is -0.339 e. The predicted octanol–water partition coefficient (Wildman–Crippen LogP) is 2.19. The summed E-state index contributed by atoms with van der Waals surface area (Å²) >= 11 is 6.03. The number of sulfonamides is 1. The van der Waals surface area contributed by atoms with Gasteiger partial charge in [-0.15, -0.1) is 0 Å². The molecule has 0 spiro atoms. The molecule has 19 heavy (non-hydrogen) atoms. The average Bonchev–Trinajstić information content (AvgIpc) is 2.28. The van der Waals surface area contributed by atoms with E-state index in [1.807, 2.05) is 13.8 Å². The number of hydrogen-bond acceptors (Lipinski definition) is 3. The SMILES string of the molecule is CCN(CC)C(=O)c1ccc(NS(C)(=O)=O)cc1Cl. The third-order valence-electron chi connectivity index (χ3n) is 2.55. The molecule has 0 atom stereocenters. The second-order valence-corrected chi connectivity index (χ2v) is 6.20. The first-order valence-electron chi connectivity index (χ1n) is 5.85. The average molecular weight is 305 g/mol. The van der Waals surface area contributed by atoms with Gasteiger partial charge in [-0.2, -0.15) is 0 Å². The summed E-state index contributed by atoms with van der Waals surface area (Å²) in [5.74, 6) is -0.166. The van der Waals surface area contributed by atoms with Crippen LogP contribution in [0.1, 0.15) is 24.2 Å². The van der Waals surface area contributed by atoms with Gasteiger partial charge in [0.2, 0.25) is 10.0 Å². The van der Waals surface area contributed by atoms with Gasteiger partial charge in [0.05, 0.1) is 16.8 Å². The summed E-state index contributed by atoms with van der Waals surface area (Å²) in [4.78, 5) is 13.8. The maximum Gasteiger partial charge on any atom is 0.255 e. The first-order chi connectivity index (χ1) is 8.78. The van der Waals surface area contributed by atoms with Crippen molar-refractivity contribution in [1.82, 2.24) is 4.90 Å². The molecule has 5 nitrogen and oxygen atoms in total. The standard InChI is InChI=1S/C12H17ClN2O3S/c1-4-15(5-2)12(16)10-7-6-9(8-11(10)13)14-19(3,17)18/h6-8,14H,4-5H2,1-3H3. The molecule has 0 bridgehead atoms. The second kappa shape index (κ2) is 6.25. The van der Waals surface area contributed by atoms with Crippen LogP contribution in [0, 0.1) is 0 Å². The Labute approximate surface area is 118 Å². The van der Waals surface area contributed by atoms with Crippen LogP contribution in [0.15, 0.2) is 18.2 Å². The van der Waals surface area contributed by atoms with Gasteiger partial charge in [-0.1, -0.05) is 11.6 Å². The number of nitrogens with one attached hydrogen (secondary N) is 1. The number of benzene rings is 1. The van der Waals surface area contributed by atoms with Crippen molar-refractivity contribution in [3.8, 4) is 0 Å². The molecular formula is C12H17ClN2O3S. The van der Waals surface area contributed by atoms with Crippen molar-refractivity contribution in [3.63, 3.8) is 0 Å². The zero-order chi connectivity index (χ0) is 14.6. The zero-order valence-electron chi connectivity index (χ0n) is 11.1. The third-order valence-corrected chi connectivity index (χ3v) is 3.47. The Hall–Kier alpha value is -1.27. The van der Waals surface area contributed by atoms with Gasteiger partial charge in [-0.3, -0.25) is 9.52 Å². The number of anilines is 1. The van der Waals surface area contributed by atoms with E-state index in [0.717, 1.165) is 6.26 Å². The molecule has 0 radical (unpaired) electrons. The maximum absolute atomic E-state index is 12.1. The first-order valence-corrected chi connectivity index (χ1v) is 8.12. The van der Waals surface area contributed by atoms with Crippen LogP contribution in [0.3, 0.4) is 0 Å². The molecule has 1 aromatic rings. The molecule has 7 heteroatoms.